The van der Waals surface area contributed by atoms with Crippen LogP contribution in [0.15, 0.2) is 91.0 Å². The maximum absolute atomic E-state index is 14.2. The maximum atomic E-state index is 14.2. The number of rotatable bonds is 19. The zero-order valence-electron chi connectivity index (χ0n) is 31.9. The van der Waals surface area contributed by atoms with Gasteiger partial charge in [0.15, 0.2) is 0 Å². The van der Waals surface area contributed by atoms with Gasteiger partial charge in [-0.25, -0.2) is 9.59 Å². The summed E-state index contributed by atoms with van der Waals surface area (Å²) in [5, 5.41) is 9.31. The van der Waals surface area contributed by atoms with Crippen molar-refractivity contribution in [2.45, 2.75) is 102 Å². The topological polar surface area (TPSA) is 97.0 Å². The minimum atomic E-state index is -0.212. The highest BCUT2D eigenvalue weighted by molar-refractivity contribution is 5.90. The number of benzene rings is 3. The van der Waals surface area contributed by atoms with E-state index in [0.29, 0.717) is 32.5 Å². The summed E-state index contributed by atoms with van der Waals surface area (Å²) in [6.45, 7) is 3.70. The molecule has 0 unspecified atom stereocenters. The molecule has 1 heterocycles. The third kappa shape index (κ3) is 13.8. The third-order valence-electron chi connectivity index (χ3n) is 11.1. The number of unbranched alkanes of at least 4 members (excludes halogenated alkanes) is 2. The smallest absolute Gasteiger partial charge is 0.322 e. The molecular weight excluding hydrogens is 661 g/mol. The number of likely N-dealkylation sites (tertiary alicyclic amines) is 1. The first kappa shape index (κ1) is 39.8. The first-order valence-corrected chi connectivity index (χ1v) is 20.2. The molecule has 9 nitrogen and oxygen atoms in total. The number of carbonyl (C=O) groups excluding carboxylic acids is 3. The number of amides is 5. The fraction of sp³-hybridized carbons (Fsp3) is 0.523. The average Bonchev–Trinajstić information content (AvgIpc) is 3.63. The fourth-order valence-corrected chi connectivity index (χ4v) is 7.98. The summed E-state index contributed by atoms with van der Waals surface area (Å²) in [5.41, 5.74) is 2.48. The Labute approximate surface area is 317 Å². The SMILES string of the molecule is CN(CCCC[C@H](CNC(=O)Cc1ccccc1)N(C[C@H]1CCCN1CCCCC1CCCCC1)C(=O)Nc1ccccc1)C(=O)Nc1ccccc1. The van der Waals surface area contributed by atoms with Crippen molar-refractivity contribution in [1.82, 2.24) is 20.0 Å². The molecule has 2 aliphatic rings. The van der Waals surface area contributed by atoms with E-state index >= 15 is 0 Å². The van der Waals surface area contributed by atoms with Gasteiger partial charge in [0, 0.05) is 44.1 Å². The van der Waals surface area contributed by atoms with Gasteiger partial charge in [-0.1, -0.05) is 112 Å². The van der Waals surface area contributed by atoms with Gasteiger partial charge in [-0.05, 0) is 87.4 Å². The molecule has 9 heteroatoms. The van der Waals surface area contributed by atoms with Crippen LogP contribution >= 0.6 is 0 Å². The molecule has 2 atom stereocenters. The van der Waals surface area contributed by atoms with Crippen LogP contribution in [0, 0.1) is 5.92 Å². The lowest BCUT2D eigenvalue weighted by Gasteiger charge is -2.36. The van der Waals surface area contributed by atoms with Gasteiger partial charge < -0.3 is 25.8 Å². The first-order chi connectivity index (χ1) is 25.9. The molecule has 1 saturated heterocycles. The molecule has 3 aromatic rings. The van der Waals surface area contributed by atoms with E-state index in [1.807, 2.05) is 103 Å². The summed E-state index contributed by atoms with van der Waals surface area (Å²) in [6.07, 6.45) is 15.6. The lowest BCUT2D eigenvalue weighted by Crippen LogP contribution is -2.53. The zero-order valence-corrected chi connectivity index (χ0v) is 31.9. The van der Waals surface area contributed by atoms with Crippen molar-refractivity contribution in [2.24, 2.45) is 5.92 Å². The Hall–Kier alpha value is -4.37. The Kier molecular flexibility index (Phi) is 16.5. The molecule has 5 rings (SSSR count). The summed E-state index contributed by atoms with van der Waals surface area (Å²) >= 11 is 0. The van der Waals surface area contributed by atoms with Crippen LogP contribution in [0.2, 0.25) is 0 Å². The normalized spacial score (nSPS) is 16.8. The van der Waals surface area contributed by atoms with Gasteiger partial charge in [0.25, 0.3) is 0 Å². The molecule has 3 aromatic carbocycles. The number of para-hydroxylation sites is 2. The molecule has 0 aromatic heterocycles. The van der Waals surface area contributed by atoms with Crippen molar-refractivity contribution >= 4 is 29.3 Å². The minimum absolute atomic E-state index is 0.0533. The predicted octanol–water partition coefficient (Wildman–Crippen LogP) is 8.80. The van der Waals surface area contributed by atoms with Crippen LogP contribution in [0.1, 0.15) is 89.0 Å². The van der Waals surface area contributed by atoms with Crippen LogP contribution in [-0.4, -0.2) is 84.5 Å². The van der Waals surface area contributed by atoms with Crippen LogP contribution in [0.5, 0.6) is 0 Å². The van der Waals surface area contributed by atoms with E-state index in [0.717, 1.165) is 61.6 Å². The predicted molar refractivity (Wildman–Crippen MR) is 216 cm³/mol. The number of nitrogens with one attached hydrogen (secondary N) is 3. The molecule has 2 fully saturated rings. The van der Waals surface area contributed by atoms with E-state index < -0.39 is 0 Å². The molecule has 0 bridgehead atoms. The average molecular weight is 723 g/mol. The Balaban J connectivity index is 1.24. The Bertz CT molecular complexity index is 1500. The van der Waals surface area contributed by atoms with E-state index in [2.05, 4.69) is 20.9 Å². The van der Waals surface area contributed by atoms with Gasteiger partial charge in [0.1, 0.15) is 0 Å². The van der Waals surface area contributed by atoms with Crippen molar-refractivity contribution in [3.8, 4) is 0 Å². The van der Waals surface area contributed by atoms with Gasteiger partial charge in [-0.2, -0.15) is 0 Å². The van der Waals surface area contributed by atoms with Crippen LogP contribution in [0.3, 0.4) is 0 Å². The highest BCUT2D eigenvalue weighted by Gasteiger charge is 2.32. The number of anilines is 2. The highest BCUT2D eigenvalue weighted by atomic mass is 16.2. The fourth-order valence-electron chi connectivity index (χ4n) is 7.98. The molecule has 1 saturated carbocycles. The molecule has 53 heavy (non-hydrogen) atoms. The second-order valence-corrected chi connectivity index (χ2v) is 15.1. The van der Waals surface area contributed by atoms with Crippen LogP contribution < -0.4 is 16.0 Å². The summed E-state index contributed by atoms with van der Waals surface area (Å²) in [5.74, 6) is 0.855. The maximum Gasteiger partial charge on any atom is 0.322 e. The van der Waals surface area contributed by atoms with Crippen molar-refractivity contribution < 1.29 is 14.4 Å². The van der Waals surface area contributed by atoms with Gasteiger partial charge in [0.2, 0.25) is 5.91 Å². The summed E-state index contributed by atoms with van der Waals surface area (Å²) in [4.78, 5) is 46.6. The summed E-state index contributed by atoms with van der Waals surface area (Å²) < 4.78 is 0. The highest BCUT2D eigenvalue weighted by Crippen LogP contribution is 2.28. The monoisotopic (exact) mass is 722 g/mol. The van der Waals surface area contributed by atoms with E-state index in [4.69, 9.17) is 0 Å². The van der Waals surface area contributed by atoms with Gasteiger partial charge in [0.05, 0.1) is 12.5 Å². The number of urea groups is 2. The van der Waals surface area contributed by atoms with Crippen molar-refractivity contribution in [3.05, 3.63) is 96.6 Å². The van der Waals surface area contributed by atoms with E-state index in [-0.39, 0.29) is 30.1 Å². The van der Waals surface area contributed by atoms with E-state index in [1.54, 1.807) is 4.90 Å². The molecule has 0 spiro atoms. The third-order valence-corrected chi connectivity index (χ3v) is 11.1. The standard InChI is InChI=1S/C44H62N6O3/c1-48(43(52)46-38-24-10-4-11-25-38)30-16-15-28-40(34-45-42(51)33-37-22-8-3-9-23-37)50(44(53)47-39-26-12-5-13-27-39)35-41-29-18-32-49(41)31-17-14-21-36-19-6-2-7-20-36/h3-5,8-13,22-27,36,40-41H,2,6-7,14-21,28-35H2,1H3,(H,45,51)(H,46,52)(H,47,53)/t40-,41-/m1/s1. The molecule has 3 N–H and O–H groups in total. The Morgan fingerprint density at radius 1 is 0.736 bits per heavy atom. The zero-order chi connectivity index (χ0) is 37.1. The summed E-state index contributed by atoms with van der Waals surface area (Å²) in [6, 6.07) is 28.7. The lowest BCUT2D eigenvalue weighted by molar-refractivity contribution is -0.120. The van der Waals surface area contributed by atoms with E-state index in [9.17, 15) is 14.4 Å². The largest absolute Gasteiger partial charge is 0.354 e. The van der Waals surface area contributed by atoms with Gasteiger partial charge in [-0.3, -0.25) is 9.69 Å². The molecular formula is C44H62N6O3. The van der Waals surface area contributed by atoms with E-state index in [1.165, 1.54) is 51.4 Å². The molecule has 5 amide bonds. The molecule has 1 aliphatic heterocycles. The number of hydrogen-bond acceptors (Lipinski definition) is 4. The van der Waals surface area contributed by atoms with Crippen molar-refractivity contribution in [3.63, 3.8) is 0 Å². The Morgan fingerprint density at radius 3 is 2.06 bits per heavy atom. The second kappa shape index (κ2) is 22.0. The van der Waals surface area contributed by atoms with Crippen molar-refractivity contribution in [2.75, 3.05) is 50.4 Å². The van der Waals surface area contributed by atoms with Crippen LogP contribution in [0.4, 0.5) is 21.0 Å². The van der Waals surface area contributed by atoms with Crippen LogP contribution in [-0.2, 0) is 11.2 Å². The second-order valence-electron chi connectivity index (χ2n) is 15.1. The summed E-state index contributed by atoms with van der Waals surface area (Å²) in [7, 11) is 1.81. The molecule has 1 aliphatic carbocycles. The van der Waals surface area contributed by atoms with Crippen molar-refractivity contribution in [1.29, 1.82) is 0 Å². The quantitative estimate of drug-likeness (QED) is 0.108. The number of carbonyl (C=O) groups is 3. The number of nitrogens with zero attached hydrogens (tertiary/aromatic N) is 3. The molecule has 0 radical (unpaired) electrons. The van der Waals surface area contributed by atoms with Gasteiger partial charge >= 0.3 is 12.1 Å². The van der Waals surface area contributed by atoms with Gasteiger partial charge in [-0.15, -0.1) is 0 Å². The number of hydrogen-bond donors (Lipinski definition) is 3. The Morgan fingerprint density at radius 2 is 1.38 bits per heavy atom. The minimum Gasteiger partial charge on any atom is -0.354 e. The molecule has 286 valence electrons. The first-order valence-electron chi connectivity index (χ1n) is 20.2. The van der Waals surface area contributed by atoms with Crippen LogP contribution in [0.25, 0.3) is 0 Å². The lowest BCUT2D eigenvalue weighted by atomic mass is 9.86.